The predicted molar refractivity (Wildman–Crippen MR) is 80.7 cm³/mol. The molecule has 0 radical (unpaired) electrons. The standard InChI is InChI=1S/C16H17O4P/c1-14(17)20-21(18,13-16-10-6-3-7-11-16)19-12-15-8-4-2-5-9-15/h2-11H,12-13H2,1H3. The van der Waals surface area contributed by atoms with Crippen molar-refractivity contribution in [2.75, 3.05) is 0 Å². The SMILES string of the molecule is CC(=O)OP(=O)(Cc1ccccc1)OCc1ccccc1. The predicted octanol–water partition coefficient (Wildman–Crippen LogP) is 4.16. The van der Waals surface area contributed by atoms with Crippen LogP contribution in [-0.4, -0.2) is 5.97 Å². The third-order valence-corrected chi connectivity index (χ3v) is 4.57. The van der Waals surface area contributed by atoms with E-state index in [2.05, 4.69) is 0 Å². The van der Waals surface area contributed by atoms with Crippen LogP contribution in [0, 0.1) is 0 Å². The molecule has 0 bridgehead atoms. The fourth-order valence-electron chi connectivity index (χ4n) is 1.85. The van der Waals surface area contributed by atoms with E-state index in [1.807, 2.05) is 60.7 Å². The number of carbonyl (C=O) groups excluding carboxylic acids is 1. The highest BCUT2D eigenvalue weighted by atomic mass is 31.2. The van der Waals surface area contributed by atoms with Crippen LogP contribution >= 0.6 is 7.60 Å². The van der Waals surface area contributed by atoms with Gasteiger partial charge in [-0.15, -0.1) is 0 Å². The van der Waals surface area contributed by atoms with Crippen LogP contribution < -0.4 is 0 Å². The second-order valence-electron chi connectivity index (χ2n) is 4.60. The molecule has 0 saturated heterocycles. The van der Waals surface area contributed by atoms with Crippen molar-refractivity contribution in [1.82, 2.24) is 0 Å². The summed E-state index contributed by atoms with van der Waals surface area (Å²) in [6.45, 7) is 1.36. The molecule has 0 aliphatic heterocycles. The maximum absolute atomic E-state index is 12.7. The second kappa shape index (κ2) is 7.21. The van der Waals surface area contributed by atoms with E-state index in [9.17, 15) is 9.36 Å². The zero-order valence-electron chi connectivity index (χ0n) is 11.8. The molecular weight excluding hydrogens is 287 g/mol. The average molecular weight is 304 g/mol. The van der Waals surface area contributed by atoms with Crippen molar-refractivity contribution >= 4 is 13.6 Å². The number of hydrogen-bond acceptors (Lipinski definition) is 4. The molecule has 21 heavy (non-hydrogen) atoms. The van der Waals surface area contributed by atoms with E-state index in [0.717, 1.165) is 11.1 Å². The monoisotopic (exact) mass is 304 g/mol. The van der Waals surface area contributed by atoms with Gasteiger partial charge in [0.1, 0.15) is 0 Å². The molecule has 0 saturated carbocycles. The first-order chi connectivity index (χ1) is 10.1. The van der Waals surface area contributed by atoms with E-state index in [0.29, 0.717) is 0 Å². The van der Waals surface area contributed by atoms with Gasteiger partial charge >= 0.3 is 13.6 Å². The molecule has 0 aliphatic rings. The maximum Gasteiger partial charge on any atom is 0.386 e. The van der Waals surface area contributed by atoms with Gasteiger partial charge in [-0.1, -0.05) is 60.7 Å². The van der Waals surface area contributed by atoms with E-state index < -0.39 is 13.6 Å². The normalized spacial score (nSPS) is 13.4. The summed E-state index contributed by atoms with van der Waals surface area (Å²) >= 11 is 0. The highest BCUT2D eigenvalue weighted by Crippen LogP contribution is 2.52. The lowest BCUT2D eigenvalue weighted by atomic mass is 10.2. The van der Waals surface area contributed by atoms with Gasteiger partial charge in [-0.05, 0) is 11.1 Å². The lowest BCUT2D eigenvalue weighted by Gasteiger charge is -2.17. The number of rotatable bonds is 6. The largest absolute Gasteiger partial charge is 0.392 e. The van der Waals surface area contributed by atoms with Gasteiger partial charge in [0.25, 0.3) is 0 Å². The van der Waals surface area contributed by atoms with Crippen molar-refractivity contribution in [3.05, 3.63) is 71.8 Å². The second-order valence-corrected chi connectivity index (χ2v) is 6.58. The fraction of sp³-hybridized carbons (Fsp3) is 0.188. The average Bonchev–Trinajstić information content (AvgIpc) is 2.46. The molecule has 1 unspecified atom stereocenters. The molecule has 2 aromatic carbocycles. The Morgan fingerprint density at radius 2 is 1.48 bits per heavy atom. The third-order valence-electron chi connectivity index (χ3n) is 2.76. The van der Waals surface area contributed by atoms with Crippen LogP contribution in [0.15, 0.2) is 60.7 Å². The molecule has 0 heterocycles. The molecule has 1 atom stereocenters. The molecule has 2 aromatic rings. The molecule has 5 heteroatoms. The maximum atomic E-state index is 12.7. The van der Waals surface area contributed by atoms with E-state index in [1.165, 1.54) is 6.92 Å². The first-order valence-corrected chi connectivity index (χ1v) is 8.32. The quantitative estimate of drug-likeness (QED) is 0.752. The first-order valence-electron chi connectivity index (χ1n) is 6.59. The summed E-state index contributed by atoms with van der Waals surface area (Å²) in [5.41, 5.74) is 1.67. The van der Waals surface area contributed by atoms with E-state index in [-0.39, 0.29) is 12.8 Å². The van der Waals surface area contributed by atoms with Crippen molar-refractivity contribution in [2.24, 2.45) is 0 Å². The van der Waals surface area contributed by atoms with Crippen LogP contribution in [0.25, 0.3) is 0 Å². The number of carbonyl (C=O) groups is 1. The molecule has 0 N–H and O–H groups in total. The summed E-state index contributed by atoms with van der Waals surface area (Å²) in [4.78, 5) is 11.2. The summed E-state index contributed by atoms with van der Waals surface area (Å²) in [6, 6.07) is 18.5. The van der Waals surface area contributed by atoms with Gasteiger partial charge < -0.3 is 4.52 Å². The Bertz CT molecular complexity index is 625. The molecule has 110 valence electrons. The Morgan fingerprint density at radius 1 is 0.952 bits per heavy atom. The molecular formula is C16H17O4P. The van der Waals surface area contributed by atoms with Crippen molar-refractivity contribution in [3.8, 4) is 0 Å². The molecule has 0 spiro atoms. The molecule has 0 aromatic heterocycles. The Hall–Kier alpha value is -1.90. The van der Waals surface area contributed by atoms with Crippen LogP contribution in [0.1, 0.15) is 18.1 Å². The molecule has 4 nitrogen and oxygen atoms in total. The van der Waals surface area contributed by atoms with Gasteiger partial charge in [0.2, 0.25) is 0 Å². The Labute approximate surface area is 124 Å². The van der Waals surface area contributed by atoms with Crippen LogP contribution in [0.5, 0.6) is 0 Å². The Morgan fingerprint density at radius 3 is 2.00 bits per heavy atom. The van der Waals surface area contributed by atoms with Crippen LogP contribution in [0.4, 0.5) is 0 Å². The van der Waals surface area contributed by atoms with E-state index in [4.69, 9.17) is 9.05 Å². The van der Waals surface area contributed by atoms with Gasteiger partial charge in [0.15, 0.2) is 0 Å². The van der Waals surface area contributed by atoms with Gasteiger partial charge in [-0.2, -0.15) is 0 Å². The van der Waals surface area contributed by atoms with Crippen molar-refractivity contribution < 1.29 is 18.4 Å². The highest BCUT2D eigenvalue weighted by molar-refractivity contribution is 7.53. The minimum Gasteiger partial charge on any atom is -0.392 e. The van der Waals surface area contributed by atoms with Gasteiger partial charge in [-0.3, -0.25) is 9.32 Å². The summed E-state index contributed by atoms with van der Waals surface area (Å²) < 4.78 is 23.1. The van der Waals surface area contributed by atoms with E-state index >= 15 is 0 Å². The fourth-order valence-corrected chi connectivity index (χ4v) is 3.46. The van der Waals surface area contributed by atoms with Crippen LogP contribution in [0.3, 0.4) is 0 Å². The topological polar surface area (TPSA) is 52.6 Å². The third kappa shape index (κ3) is 5.18. The van der Waals surface area contributed by atoms with Crippen LogP contribution in [-0.2, 0) is 31.2 Å². The van der Waals surface area contributed by atoms with Crippen LogP contribution in [0.2, 0.25) is 0 Å². The number of benzene rings is 2. The zero-order valence-corrected chi connectivity index (χ0v) is 12.7. The van der Waals surface area contributed by atoms with Gasteiger partial charge in [0.05, 0.1) is 12.8 Å². The van der Waals surface area contributed by atoms with Crippen molar-refractivity contribution in [3.63, 3.8) is 0 Å². The molecule has 2 rings (SSSR count). The molecule has 0 fully saturated rings. The van der Waals surface area contributed by atoms with E-state index in [1.54, 1.807) is 0 Å². The summed E-state index contributed by atoms with van der Waals surface area (Å²) in [5.74, 6) is -0.609. The summed E-state index contributed by atoms with van der Waals surface area (Å²) in [7, 11) is -3.51. The molecule has 0 aliphatic carbocycles. The molecule has 0 amide bonds. The number of hydrogen-bond donors (Lipinski definition) is 0. The highest BCUT2D eigenvalue weighted by Gasteiger charge is 2.28. The van der Waals surface area contributed by atoms with Crippen molar-refractivity contribution in [2.45, 2.75) is 19.7 Å². The minimum absolute atomic E-state index is 0.0697. The lowest BCUT2D eigenvalue weighted by Crippen LogP contribution is -2.03. The van der Waals surface area contributed by atoms with Gasteiger partial charge in [-0.25, -0.2) is 4.57 Å². The van der Waals surface area contributed by atoms with Crippen molar-refractivity contribution in [1.29, 1.82) is 0 Å². The first kappa shape index (κ1) is 15.5. The minimum atomic E-state index is -3.51. The summed E-state index contributed by atoms with van der Waals surface area (Å²) in [5, 5.41) is 0. The Kier molecular flexibility index (Phi) is 5.32. The Balaban J connectivity index is 2.09. The summed E-state index contributed by atoms with van der Waals surface area (Å²) in [6.07, 6.45) is 0.0697. The lowest BCUT2D eigenvalue weighted by molar-refractivity contribution is -0.132. The zero-order chi connectivity index (χ0) is 15.1. The smallest absolute Gasteiger partial charge is 0.386 e. The van der Waals surface area contributed by atoms with Gasteiger partial charge in [0, 0.05) is 6.92 Å².